The average molecular weight is 405 g/mol. The van der Waals surface area contributed by atoms with Crippen LogP contribution in [0.1, 0.15) is 19.3 Å². The molecule has 1 saturated heterocycles. The van der Waals surface area contributed by atoms with E-state index < -0.39 is 6.09 Å². The Balaban J connectivity index is 1.54. The zero-order valence-corrected chi connectivity index (χ0v) is 16.7. The minimum atomic E-state index is -1.06. The number of amides is 2. The molecule has 1 aromatic carbocycles. The van der Waals surface area contributed by atoms with Crippen molar-refractivity contribution in [1.29, 1.82) is 0 Å². The number of benzene rings is 1. The number of nitrogens with one attached hydrogen (secondary N) is 1. The molecule has 150 valence electrons. The fraction of sp³-hybridized carbons (Fsp3) is 0.450. The van der Waals surface area contributed by atoms with Crippen molar-refractivity contribution in [3.8, 4) is 0 Å². The number of fused-ring (bicyclic) bond motifs is 1. The molecular formula is C20H25ClN4O3. The number of halogens is 1. The maximum absolute atomic E-state index is 11.5. The lowest BCUT2D eigenvalue weighted by atomic mass is 9.93. The van der Waals surface area contributed by atoms with Crippen molar-refractivity contribution in [3.63, 3.8) is 0 Å². The van der Waals surface area contributed by atoms with E-state index in [0.717, 1.165) is 49.1 Å². The highest BCUT2D eigenvalue weighted by Gasteiger charge is 2.23. The number of hydrogen-bond acceptors (Lipinski definition) is 4. The second kappa shape index (κ2) is 9.10. The second-order valence-electron chi connectivity index (χ2n) is 7.10. The first-order valence-corrected chi connectivity index (χ1v) is 9.84. The zero-order chi connectivity index (χ0) is 20.1. The van der Waals surface area contributed by atoms with Crippen LogP contribution >= 0.6 is 11.6 Å². The Bertz CT molecular complexity index is 852. The summed E-state index contributed by atoms with van der Waals surface area (Å²) < 4.78 is 0. The number of hydrogen-bond donors (Lipinski definition) is 2. The predicted molar refractivity (Wildman–Crippen MR) is 110 cm³/mol. The van der Waals surface area contributed by atoms with Crippen LogP contribution in [0.2, 0.25) is 5.02 Å². The first-order valence-electron chi connectivity index (χ1n) is 9.46. The summed E-state index contributed by atoms with van der Waals surface area (Å²) >= 11 is 6.07. The zero-order valence-electron chi connectivity index (χ0n) is 15.9. The molecule has 1 aromatic heterocycles. The molecule has 8 heteroatoms. The van der Waals surface area contributed by atoms with Crippen LogP contribution in [0.15, 0.2) is 30.3 Å². The fourth-order valence-corrected chi connectivity index (χ4v) is 3.71. The van der Waals surface area contributed by atoms with Gasteiger partial charge in [-0.3, -0.25) is 9.69 Å². The molecule has 28 heavy (non-hydrogen) atoms. The maximum atomic E-state index is 11.5. The van der Waals surface area contributed by atoms with Crippen molar-refractivity contribution in [2.75, 3.05) is 38.1 Å². The van der Waals surface area contributed by atoms with E-state index in [2.05, 4.69) is 16.3 Å². The lowest BCUT2D eigenvalue weighted by Gasteiger charge is -2.33. The van der Waals surface area contributed by atoms with Gasteiger partial charge in [-0.2, -0.15) is 0 Å². The summed E-state index contributed by atoms with van der Waals surface area (Å²) in [6.07, 6.45) is 1.66. The molecule has 2 heterocycles. The van der Waals surface area contributed by atoms with Crippen LogP contribution in [0.25, 0.3) is 10.9 Å². The third-order valence-corrected chi connectivity index (χ3v) is 5.50. The number of rotatable bonds is 6. The summed E-state index contributed by atoms with van der Waals surface area (Å²) in [7, 11) is 1.51. The number of carbonyl (C=O) groups excluding carboxylic acids is 1. The molecule has 1 aliphatic heterocycles. The van der Waals surface area contributed by atoms with E-state index in [1.807, 2.05) is 24.3 Å². The van der Waals surface area contributed by atoms with Gasteiger partial charge in [0.05, 0.1) is 5.52 Å². The molecule has 0 spiro atoms. The third-order valence-electron chi connectivity index (χ3n) is 5.27. The Morgan fingerprint density at radius 3 is 2.68 bits per heavy atom. The summed E-state index contributed by atoms with van der Waals surface area (Å²) in [5.41, 5.74) is 0.887. The first-order chi connectivity index (χ1) is 13.5. The number of anilines is 1. The molecule has 0 saturated carbocycles. The van der Waals surface area contributed by atoms with Gasteiger partial charge in [0.1, 0.15) is 12.4 Å². The quantitative estimate of drug-likeness (QED) is 0.772. The molecular weight excluding hydrogens is 380 g/mol. The Kier molecular flexibility index (Phi) is 6.57. The number of carboxylic acid groups (broad SMARTS) is 1. The van der Waals surface area contributed by atoms with E-state index in [9.17, 15) is 14.7 Å². The lowest BCUT2D eigenvalue weighted by molar-refractivity contribution is -0.121. The molecule has 7 nitrogen and oxygen atoms in total. The van der Waals surface area contributed by atoms with Gasteiger partial charge in [-0.15, -0.1) is 0 Å². The van der Waals surface area contributed by atoms with Gasteiger partial charge < -0.3 is 15.3 Å². The largest absolute Gasteiger partial charge is 0.465 e. The van der Waals surface area contributed by atoms with Crippen LogP contribution in [-0.4, -0.2) is 60.2 Å². The van der Waals surface area contributed by atoms with E-state index in [-0.39, 0.29) is 12.5 Å². The van der Waals surface area contributed by atoms with Gasteiger partial charge in [0.25, 0.3) is 0 Å². The van der Waals surface area contributed by atoms with Gasteiger partial charge in [-0.25, -0.2) is 9.78 Å². The van der Waals surface area contributed by atoms with Crippen LogP contribution in [0.4, 0.5) is 10.6 Å². The molecule has 1 fully saturated rings. The summed E-state index contributed by atoms with van der Waals surface area (Å²) in [5.74, 6) is 1.09. The SMILES string of the molecule is CNC(=O)CN(CCC1CCN(c2ccc3ccc(Cl)cc3n2)CC1)C(=O)O. The van der Waals surface area contributed by atoms with Crippen LogP contribution in [-0.2, 0) is 4.79 Å². The van der Waals surface area contributed by atoms with Crippen molar-refractivity contribution in [2.24, 2.45) is 5.92 Å². The minimum Gasteiger partial charge on any atom is -0.465 e. The van der Waals surface area contributed by atoms with E-state index in [0.29, 0.717) is 17.5 Å². The molecule has 0 unspecified atom stereocenters. The summed E-state index contributed by atoms with van der Waals surface area (Å²) in [6, 6.07) is 9.80. The highest BCUT2D eigenvalue weighted by molar-refractivity contribution is 6.31. The number of piperidine rings is 1. The van der Waals surface area contributed by atoms with Gasteiger partial charge in [-0.05, 0) is 49.4 Å². The average Bonchev–Trinajstić information content (AvgIpc) is 2.70. The Labute approximate surface area is 169 Å². The van der Waals surface area contributed by atoms with Gasteiger partial charge in [-0.1, -0.05) is 17.7 Å². The van der Waals surface area contributed by atoms with E-state index in [4.69, 9.17) is 16.6 Å². The molecule has 0 radical (unpaired) electrons. The summed E-state index contributed by atoms with van der Waals surface area (Å²) in [5, 5.41) is 13.5. The summed E-state index contributed by atoms with van der Waals surface area (Å²) in [4.78, 5) is 30.9. The van der Waals surface area contributed by atoms with Crippen molar-refractivity contribution < 1.29 is 14.7 Å². The number of carbonyl (C=O) groups is 2. The molecule has 0 aliphatic carbocycles. The van der Waals surface area contributed by atoms with Crippen molar-refractivity contribution in [2.45, 2.75) is 19.3 Å². The normalized spacial score (nSPS) is 14.9. The van der Waals surface area contributed by atoms with Gasteiger partial charge >= 0.3 is 6.09 Å². The van der Waals surface area contributed by atoms with Gasteiger partial charge in [0.15, 0.2) is 0 Å². The van der Waals surface area contributed by atoms with E-state index in [1.165, 1.54) is 11.9 Å². The first kappa shape index (κ1) is 20.2. The van der Waals surface area contributed by atoms with Crippen molar-refractivity contribution in [1.82, 2.24) is 15.2 Å². The minimum absolute atomic E-state index is 0.117. The van der Waals surface area contributed by atoms with Gasteiger partial charge in [0, 0.05) is 37.1 Å². The third kappa shape index (κ3) is 5.04. The number of aromatic nitrogens is 1. The molecule has 2 aromatic rings. The Morgan fingerprint density at radius 2 is 2.00 bits per heavy atom. The molecule has 0 atom stereocenters. The maximum Gasteiger partial charge on any atom is 0.407 e. The van der Waals surface area contributed by atoms with Crippen LogP contribution in [0, 0.1) is 5.92 Å². The summed E-state index contributed by atoms with van der Waals surface area (Å²) in [6.45, 7) is 2.02. The van der Waals surface area contributed by atoms with Gasteiger partial charge in [0.2, 0.25) is 5.91 Å². The molecule has 2 amide bonds. The predicted octanol–water partition coefficient (Wildman–Crippen LogP) is 3.22. The van der Waals surface area contributed by atoms with Crippen molar-refractivity contribution >= 4 is 40.3 Å². The van der Waals surface area contributed by atoms with Crippen LogP contribution in [0.5, 0.6) is 0 Å². The highest BCUT2D eigenvalue weighted by Crippen LogP contribution is 2.26. The van der Waals surface area contributed by atoms with E-state index >= 15 is 0 Å². The fourth-order valence-electron chi connectivity index (χ4n) is 3.54. The van der Waals surface area contributed by atoms with Crippen LogP contribution < -0.4 is 10.2 Å². The molecule has 0 bridgehead atoms. The van der Waals surface area contributed by atoms with Crippen LogP contribution in [0.3, 0.4) is 0 Å². The monoisotopic (exact) mass is 404 g/mol. The number of pyridine rings is 1. The standard InChI is InChI=1S/C20H25ClN4O3/c1-22-19(26)13-25(20(27)28)11-8-14-6-9-24(10-7-14)18-5-3-15-2-4-16(21)12-17(15)23-18/h2-5,12,14H,6-11,13H2,1H3,(H,22,26)(H,27,28). The van der Waals surface area contributed by atoms with E-state index in [1.54, 1.807) is 0 Å². The Morgan fingerprint density at radius 1 is 1.29 bits per heavy atom. The molecule has 3 rings (SSSR count). The lowest BCUT2D eigenvalue weighted by Crippen LogP contribution is -2.41. The smallest absolute Gasteiger partial charge is 0.407 e. The number of nitrogens with zero attached hydrogens (tertiary/aromatic N) is 3. The highest BCUT2D eigenvalue weighted by atomic mass is 35.5. The molecule has 1 aliphatic rings. The topological polar surface area (TPSA) is 85.8 Å². The number of likely N-dealkylation sites (N-methyl/N-ethyl adjacent to an activating group) is 1. The molecule has 2 N–H and O–H groups in total. The van der Waals surface area contributed by atoms with Crippen molar-refractivity contribution in [3.05, 3.63) is 35.4 Å². The Hall–Kier alpha value is -2.54. The second-order valence-corrected chi connectivity index (χ2v) is 7.54.